The van der Waals surface area contributed by atoms with Gasteiger partial charge in [0, 0.05) is 11.6 Å². The predicted octanol–water partition coefficient (Wildman–Crippen LogP) is 1.29. The van der Waals surface area contributed by atoms with Crippen molar-refractivity contribution in [2.45, 2.75) is 6.92 Å². The monoisotopic (exact) mass is 207 g/mol. The highest BCUT2D eigenvalue weighted by atomic mass is 32.1. The Kier molecular flexibility index (Phi) is 1.89. The highest BCUT2D eigenvalue weighted by molar-refractivity contribution is 7.17. The van der Waals surface area contributed by atoms with Gasteiger partial charge < -0.3 is 11.5 Å². The number of rotatable bonds is 1. The second-order valence-corrected chi connectivity index (χ2v) is 3.92. The number of primary amides is 1. The summed E-state index contributed by atoms with van der Waals surface area (Å²) >= 11 is 1.46. The maximum absolute atomic E-state index is 11.1. The predicted molar refractivity (Wildman–Crippen MR) is 57.3 cm³/mol. The zero-order valence-electron chi connectivity index (χ0n) is 7.57. The van der Waals surface area contributed by atoms with E-state index in [1.165, 1.54) is 17.5 Å². The van der Waals surface area contributed by atoms with Crippen molar-refractivity contribution in [2.24, 2.45) is 5.73 Å². The molecular weight excluding hydrogens is 198 g/mol. The van der Waals surface area contributed by atoms with Crippen LogP contribution in [0.1, 0.15) is 15.9 Å². The molecular formula is C9H9N3OS. The number of thiophene rings is 1. The summed E-state index contributed by atoms with van der Waals surface area (Å²) < 4.78 is 0.822. The first-order valence-electron chi connectivity index (χ1n) is 4.03. The molecule has 0 fully saturated rings. The lowest BCUT2D eigenvalue weighted by Crippen LogP contribution is -2.11. The molecule has 2 rings (SSSR count). The molecule has 2 aromatic heterocycles. The van der Waals surface area contributed by atoms with Crippen LogP contribution in [-0.4, -0.2) is 10.9 Å². The minimum Gasteiger partial charge on any atom is -0.383 e. The van der Waals surface area contributed by atoms with Crippen LogP contribution in [0.2, 0.25) is 0 Å². The van der Waals surface area contributed by atoms with E-state index in [1.54, 1.807) is 0 Å². The fraction of sp³-hybridized carbons (Fsp3) is 0.111. The third kappa shape index (κ3) is 1.13. The Balaban J connectivity index is 2.90. The summed E-state index contributed by atoms with van der Waals surface area (Å²) in [5, 5.41) is 2.78. The van der Waals surface area contributed by atoms with Gasteiger partial charge in [-0.15, -0.1) is 11.3 Å². The molecule has 0 saturated carbocycles. The van der Waals surface area contributed by atoms with Crippen LogP contribution in [0, 0.1) is 6.92 Å². The normalized spacial score (nSPS) is 10.6. The summed E-state index contributed by atoms with van der Waals surface area (Å²) in [6.07, 6.45) is 1.43. The largest absolute Gasteiger partial charge is 0.383 e. The van der Waals surface area contributed by atoms with E-state index in [1.807, 2.05) is 12.3 Å². The first-order valence-corrected chi connectivity index (χ1v) is 4.91. The van der Waals surface area contributed by atoms with Crippen LogP contribution < -0.4 is 11.5 Å². The molecule has 0 atom stereocenters. The lowest BCUT2D eigenvalue weighted by molar-refractivity contribution is 0.100. The van der Waals surface area contributed by atoms with E-state index in [-0.39, 0.29) is 0 Å². The molecule has 0 bridgehead atoms. The number of aryl methyl sites for hydroxylation is 1. The minimum atomic E-state index is -0.468. The van der Waals surface area contributed by atoms with E-state index >= 15 is 0 Å². The van der Waals surface area contributed by atoms with Gasteiger partial charge >= 0.3 is 0 Å². The maximum Gasteiger partial charge on any atom is 0.251 e. The molecule has 0 radical (unpaired) electrons. The summed E-state index contributed by atoms with van der Waals surface area (Å²) in [4.78, 5) is 15.0. The van der Waals surface area contributed by atoms with Crippen molar-refractivity contribution in [3.8, 4) is 0 Å². The molecule has 0 aliphatic heterocycles. The average molecular weight is 207 g/mol. The molecule has 2 aromatic rings. The molecule has 14 heavy (non-hydrogen) atoms. The van der Waals surface area contributed by atoms with Crippen molar-refractivity contribution in [3.05, 3.63) is 22.7 Å². The summed E-state index contributed by atoms with van der Waals surface area (Å²) in [5.74, 6) is -0.0203. The molecule has 0 aliphatic rings. The number of amides is 1. The molecule has 4 nitrogen and oxygen atoms in total. The number of hydrogen-bond acceptors (Lipinski definition) is 4. The fourth-order valence-electron chi connectivity index (χ4n) is 1.39. The molecule has 0 unspecified atom stereocenters. The van der Waals surface area contributed by atoms with Gasteiger partial charge in [-0.1, -0.05) is 0 Å². The average Bonchev–Trinajstić information content (AvgIpc) is 2.49. The van der Waals surface area contributed by atoms with E-state index in [4.69, 9.17) is 11.5 Å². The lowest BCUT2D eigenvalue weighted by Gasteiger charge is -2.00. The smallest absolute Gasteiger partial charge is 0.251 e. The Hall–Kier alpha value is -1.62. The number of fused-ring (bicyclic) bond motifs is 1. The zero-order chi connectivity index (χ0) is 10.3. The Morgan fingerprint density at radius 3 is 2.93 bits per heavy atom. The van der Waals surface area contributed by atoms with Crippen LogP contribution in [0.3, 0.4) is 0 Å². The molecule has 0 saturated heterocycles. The summed E-state index contributed by atoms with van der Waals surface area (Å²) in [5.41, 5.74) is 12.4. The highest BCUT2D eigenvalue weighted by Gasteiger charge is 2.12. The topological polar surface area (TPSA) is 82.0 Å². The van der Waals surface area contributed by atoms with Crippen molar-refractivity contribution in [2.75, 3.05) is 5.73 Å². The van der Waals surface area contributed by atoms with Crippen molar-refractivity contribution in [1.29, 1.82) is 0 Å². The van der Waals surface area contributed by atoms with Crippen LogP contribution in [0.15, 0.2) is 11.6 Å². The van der Waals surface area contributed by atoms with E-state index < -0.39 is 5.91 Å². The third-order valence-electron chi connectivity index (χ3n) is 2.07. The maximum atomic E-state index is 11.1. The molecule has 1 amide bonds. The van der Waals surface area contributed by atoms with Gasteiger partial charge in [-0.25, -0.2) is 4.98 Å². The van der Waals surface area contributed by atoms with Gasteiger partial charge in [0.15, 0.2) is 0 Å². The van der Waals surface area contributed by atoms with Gasteiger partial charge in [0.25, 0.3) is 5.91 Å². The van der Waals surface area contributed by atoms with E-state index in [0.29, 0.717) is 11.4 Å². The Labute approximate surface area is 84.5 Å². The Morgan fingerprint density at radius 1 is 1.57 bits per heavy atom. The number of nitrogen functional groups attached to an aromatic ring is 1. The molecule has 0 aliphatic carbocycles. The second kappa shape index (κ2) is 2.95. The zero-order valence-corrected chi connectivity index (χ0v) is 8.39. The molecule has 0 spiro atoms. The quantitative estimate of drug-likeness (QED) is 0.739. The summed E-state index contributed by atoms with van der Waals surface area (Å²) in [6.45, 7) is 1.93. The molecule has 4 N–H and O–H groups in total. The highest BCUT2D eigenvalue weighted by Crippen LogP contribution is 2.31. The van der Waals surface area contributed by atoms with Gasteiger partial charge in [-0.2, -0.15) is 0 Å². The number of aromatic nitrogens is 1. The van der Waals surface area contributed by atoms with Crippen molar-refractivity contribution >= 4 is 33.1 Å². The van der Waals surface area contributed by atoms with Crippen LogP contribution >= 0.6 is 11.3 Å². The minimum absolute atomic E-state index is 0.437. The number of anilines is 1. The number of carbonyl (C=O) groups excluding carboxylic acids is 1. The van der Waals surface area contributed by atoms with Crippen LogP contribution in [-0.2, 0) is 0 Å². The van der Waals surface area contributed by atoms with Gasteiger partial charge in [0.2, 0.25) is 0 Å². The summed E-state index contributed by atoms with van der Waals surface area (Å²) in [7, 11) is 0. The number of pyridine rings is 1. The van der Waals surface area contributed by atoms with Gasteiger partial charge in [-0.05, 0) is 17.9 Å². The standard InChI is InChI=1S/C9H9N3OS/c1-4-3-14-7-5(9(11)13)2-12-8(10)6(4)7/h2-3H,1H3,(H2,10,12)(H2,11,13). The second-order valence-electron chi connectivity index (χ2n) is 3.04. The lowest BCUT2D eigenvalue weighted by atomic mass is 10.1. The first-order chi connectivity index (χ1) is 6.61. The van der Waals surface area contributed by atoms with E-state index in [2.05, 4.69) is 4.98 Å². The SMILES string of the molecule is Cc1csc2c(C(N)=O)cnc(N)c12. The van der Waals surface area contributed by atoms with E-state index in [0.717, 1.165) is 15.6 Å². The number of carbonyl (C=O) groups is 1. The van der Waals surface area contributed by atoms with Crippen LogP contribution in [0.4, 0.5) is 5.82 Å². The number of nitrogens with zero attached hydrogens (tertiary/aromatic N) is 1. The number of nitrogens with two attached hydrogens (primary N) is 2. The van der Waals surface area contributed by atoms with Crippen molar-refractivity contribution in [1.82, 2.24) is 4.98 Å². The molecule has 2 heterocycles. The first kappa shape index (κ1) is 8.96. The summed E-state index contributed by atoms with van der Waals surface area (Å²) in [6, 6.07) is 0. The molecule has 72 valence electrons. The van der Waals surface area contributed by atoms with E-state index in [9.17, 15) is 4.79 Å². The van der Waals surface area contributed by atoms with Crippen LogP contribution in [0.5, 0.6) is 0 Å². The van der Waals surface area contributed by atoms with Crippen molar-refractivity contribution < 1.29 is 4.79 Å². The third-order valence-corrected chi connectivity index (χ3v) is 3.21. The number of hydrogen-bond donors (Lipinski definition) is 2. The van der Waals surface area contributed by atoms with Gasteiger partial charge in [0.1, 0.15) is 5.82 Å². The van der Waals surface area contributed by atoms with Crippen LogP contribution in [0.25, 0.3) is 10.1 Å². The van der Waals surface area contributed by atoms with Gasteiger partial charge in [-0.3, -0.25) is 4.79 Å². The molecule has 0 aromatic carbocycles. The van der Waals surface area contributed by atoms with Gasteiger partial charge in [0.05, 0.1) is 10.3 Å². The Morgan fingerprint density at radius 2 is 2.29 bits per heavy atom. The van der Waals surface area contributed by atoms with Crippen molar-refractivity contribution in [3.63, 3.8) is 0 Å². The fourth-order valence-corrected chi connectivity index (χ4v) is 2.47. The Bertz CT molecular complexity index is 518. The molecule has 5 heteroatoms.